The maximum atomic E-state index is 3.99. The number of imidazole rings is 1. The van der Waals surface area contributed by atoms with Gasteiger partial charge < -0.3 is 10.3 Å². The van der Waals surface area contributed by atoms with Crippen LogP contribution in [0.4, 0.5) is 0 Å². The number of hydrogen-bond acceptors (Lipinski definition) is 3. The molecule has 0 amide bonds. The number of nitrogens with one attached hydrogen (secondary N) is 2. The van der Waals surface area contributed by atoms with E-state index in [1.54, 1.807) is 17.7 Å². The summed E-state index contributed by atoms with van der Waals surface area (Å²) < 4.78 is 1.35. The zero-order valence-electron chi connectivity index (χ0n) is 9.31. The van der Waals surface area contributed by atoms with Crippen molar-refractivity contribution in [3.8, 4) is 0 Å². The normalized spacial score (nSPS) is 11.1. The van der Waals surface area contributed by atoms with Crippen LogP contribution in [0.1, 0.15) is 11.3 Å². The minimum atomic E-state index is 0.824. The van der Waals surface area contributed by atoms with Crippen LogP contribution in [0.2, 0.25) is 0 Å². The van der Waals surface area contributed by atoms with E-state index in [1.165, 1.54) is 15.6 Å². The predicted octanol–water partition coefficient (Wildman–Crippen LogP) is 2.91. The number of aromatic nitrogens is 2. The highest BCUT2D eigenvalue weighted by Crippen LogP contribution is 2.25. The fraction of sp³-hybridized carbons (Fsp3) is 0.154. The Morgan fingerprint density at radius 1 is 1.24 bits per heavy atom. The molecule has 0 aliphatic heterocycles. The van der Waals surface area contributed by atoms with Gasteiger partial charge in [-0.2, -0.15) is 0 Å². The molecule has 1 aromatic carbocycles. The summed E-state index contributed by atoms with van der Waals surface area (Å²) in [6.07, 6.45) is 3.55. The Labute approximate surface area is 104 Å². The second-order valence-corrected chi connectivity index (χ2v) is 4.85. The van der Waals surface area contributed by atoms with E-state index in [9.17, 15) is 0 Å². The molecular weight excluding hydrogens is 230 g/mol. The Kier molecular flexibility index (Phi) is 2.90. The molecule has 17 heavy (non-hydrogen) atoms. The number of H-pyrrole nitrogens is 1. The predicted molar refractivity (Wildman–Crippen MR) is 71.0 cm³/mol. The van der Waals surface area contributed by atoms with Crippen molar-refractivity contribution in [1.29, 1.82) is 0 Å². The minimum absolute atomic E-state index is 0.824. The molecule has 86 valence electrons. The molecule has 0 radical (unpaired) electrons. The molecule has 0 spiro atoms. The first-order valence-corrected chi connectivity index (χ1v) is 6.44. The summed E-state index contributed by atoms with van der Waals surface area (Å²) in [7, 11) is 0. The van der Waals surface area contributed by atoms with Gasteiger partial charge in [0.25, 0.3) is 0 Å². The first-order chi connectivity index (χ1) is 8.43. The van der Waals surface area contributed by atoms with Crippen LogP contribution in [0, 0.1) is 0 Å². The van der Waals surface area contributed by atoms with Crippen molar-refractivity contribution < 1.29 is 0 Å². The number of thiophene rings is 1. The molecule has 0 aliphatic rings. The molecule has 0 saturated heterocycles. The zero-order valence-corrected chi connectivity index (χ0v) is 10.1. The molecule has 3 aromatic rings. The van der Waals surface area contributed by atoms with Gasteiger partial charge in [-0.1, -0.05) is 18.2 Å². The third kappa shape index (κ3) is 2.23. The van der Waals surface area contributed by atoms with E-state index in [1.807, 2.05) is 6.20 Å². The van der Waals surface area contributed by atoms with E-state index in [-0.39, 0.29) is 0 Å². The highest BCUT2D eigenvalue weighted by Gasteiger charge is 2.02. The lowest BCUT2D eigenvalue weighted by Gasteiger charge is -2.02. The topological polar surface area (TPSA) is 40.7 Å². The highest BCUT2D eigenvalue weighted by molar-refractivity contribution is 7.17. The second-order valence-electron chi connectivity index (χ2n) is 3.94. The van der Waals surface area contributed by atoms with Crippen LogP contribution in [0.15, 0.2) is 42.2 Å². The van der Waals surface area contributed by atoms with Crippen LogP contribution in [0.3, 0.4) is 0 Å². The first kappa shape index (κ1) is 10.5. The summed E-state index contributed by atoms with van der Waals surface area (Å²) in [4.78, 5) is 7.08. The van der Waals surface area contributed by atoms with Gasteiger partial charge in [0.05, 0.1) is 6.33 Å². The molecule has 3 rings (SSSR count). The van der Waals surface area contributed by atoms with Gasteiger partial charge in [0.1, 0.15) is 0 Å². The van der Waals surface area contributed by atoms with Crippen LogP contribution >= 0.6 is 11.3 Å². The van der Waals surface area contributed by atoms with Gasteiger partial charge in [-0.3, -0.25) is 0 Å². The highest BCUT2D eigenvalue weighted by atomic mass is 32.1. The van der Waals surface area contributed by atoms with Crippen molar-refractivity contribution in [2.45, 2.75) is 13.1 Å². The lowest BCUT2D eigenvalue weighted by molar-refractivity contribution is 0.686. The van der Waals surface area contributed by atoms with Crippen LogP contribution in [0.5, 0.6) is 0 Å². The lowest BCUT2D eigenvalue weighted by Crippen LogP contribution is -2.12. The molecule has 3 nitrogen and oxygen atoms in total. The minimum Gasteiger partial charge on any atom is -0.347 e. The van der Waals surface area contributed by atoms with Crippen LogP contribution in [-0.4, -0.2) is 9.97 Å². The molecule has 0 saturated carbocycles. The third-order valence-electron chi connectivity index (χ3n) is 2.75. The van der Waals surface area contributed by atoms with E-state index in [2.05, 4.69) is 44.9 Å². The number of hydrogen-bond donors (Lipinski definition) is 2. The summed E-state index contributed by atoms with van der Waals surface area (Å²) in [5.74, 6) is 0. The van der Waals surface area contributed by atoms with Crippen LogP contribution in [-0.2, 0) is 13.1 Å². The summed E-state index contributed by atoms with van der Waals surface area (Å²) in [6, 6.07) is 8.52. The zero-order chi connectivity index (χ0) is 11.5. The van der Waals surface area contributed by atoms with Crippen LogP contribution < -0.4 is 5.32 Å². The fourth-order valence-corrected chi connectivity index (χ4v) is 2.85. The van der Waals surface area contributed by atoms with Crippen molar-refractivity contribution in [1.82, 2.24) is 15.3 Å². The van der Waals surface area contributed by atoms with Gasteiger partial charge in [-0.25, -0.2) is 4.98 Å². The summed E-state index contributed by atoms with van der Waals surface area (Å²) in [5.41, 5.74) is 2.48. The average molecular weight is 243 g/mol. The molecule has 2 aromatic heterocycles. The van der Waals surface area contributed by atoms with Gasteiger partial charge in [0.15, 0.2) is 0 Å². The van der Waals surface area contributed by atoms with Gasteiger partial charge in [-0.05, 0) is 22.4 Å². The fourth-order valence-electron chi connectivity index (χ4n) is 1.88. The summed E-state index contributed by atoms with van der Waals surface area (Å²) >= 11 is 1.80. The summed E-state index contributed by atoms with van der Waals surface area (Å²) in [5, 5.41) is 7.00. The monoisotopic (exact) mass is 243 g/mol. The number of aromatic amines is 1. The van der Waals surface area contributed by atoms with E-state index in [0.29, 0.717) is 0 Å². The Hall–Kier alpha value is -1.65. The first-order valence-electron chi connectivity index (χ1n) is 5.56. The Bertz CT molecular complexity index is 598. The Balaban J connectivity index is 1.69. The molecule has 4 heteroatoms. The number of benzene rings is 1. The SMILES string of the molecule is c1ccc2c(CNCc3cnc[nH]3)csc2c1. The molecule has 0 aliphatic carbocycles. The van der Waals surface area contributed by atoms with E-state index in [0.717, 1.165) is 18.8 Å². The lowest BCUT2D eigenvalue weighted by atomic mass is 10.2. The molecule has 0 atom stereocenters. The average Bonchev–Trinajstić information content (AvgIpc) is 2.99. The van der Waals surface area contributed by atoms with Crippen LogP contribution in [0.25, 0.3) is 10.1 Å². The quantitative estimate of drug-likeness (QED) is 0.739. The number of fused-ring (bicyclic) bond motifs is 1. The largest absolute Gasteiger partial charge is 0.347 e. The number of nitrogens with zero attached hydrogens (tertiary/aromatic N) is 1. The van der Waals surface area contributed by atoms with Crippen molar-refractivity contribution in [2.75, 3.05) is 0 Å². The molecule has 2 N–H and O–H groups in total. The molecule has 2 heterocycles. The van der Waals surface area contributed by atoms with E-state index in [4.69, 9.17) is 0 Å². The van der Waals surface area contributed by atoms with Gasteiger partial charge in [0, 0.05) is 29.7 Å². The standard InChI is InChI=1S/C13H13N3S/c1-2-4-13-12(3-1)10(8-17-13)5-14-6-11-7-15-9-16-11/h1-4,7-9,14H,5-6H2,(H,15,16). The Morgan fingerprint density at radius 2 is 2.18 bits per heavy atom. The van der Waals surface area contributed by atoms with Gasteiger partial charge in [-0.15, -0.1) is 11.3 Å². The summed E-state index contributed by atoms with van der Waals surface area (Å²) in [6.45, 7) is 1.72. The maximum Gasteiger partial charge on any atom is 0.0922 e. The van der Waals surface area contributed by atoms with E-state index >= 15 is 0 Å². The Morgan fingerprint density at radius 3 is 3.06 bits per heavy atom. The van der Waals surface area contributed by atoms with Gasteiger partial charge in [0.2, 0.25) is 0 Å². The molecule has 0 fully saturated rings. The van der Waals surface area contributed by atoms with E-state index < -0.39 is 0 Å². The molecule has 0 unspecified atom stereocenters. The third-order valence-corrected chi connectivity index (χ3v) is 3.76. The second kappa shape index (κ2) is 4.69. The van der Waals surface area contributed by atoms with Crippen molar-refractivity contribution in [3.05, 3.63) is 53.4 Å². The number of rotatable bonds is 4. The van der Waals surface area contributed by atoms with Gasteiger partial charge >= 0.3 is 0 Å². The van der Waals surface area contributed by atoms with Crippen molar-refractivity contribution >= 4 is 21.4 Å². The molecular formula is C13H13N3S. The van der Waals surface area contributed by atoms with Crippen molar-refractivity contribution in [2.24, 2.45) is 0 Å². The van der Waals surface area contributed by atoms with Crippen molar-refractivity contribution in [3.63, 3.8) is 0 Å². The smallest absolute Gasteiger partial charge is 0.0922 e. The maximum absolute atomic E-state index is 3.99. The molecule has 0 bridgehead atoms.